The molecule has 1 aromatic carbocycles. The van der Waals surface area contributed by atoms with Gasteiger partial charge in [-0.2, -0.15) is 0 Å². The van der Waals surface area contributed by atoms with Gasteiger partial charge in [0.1, 0.15) is 23.9 Å². The van der Waals surface area contributed by atoms with Gasteiger partial charge in [-0.1, -0.05) is 27.2 Å². The molecule has 29 heavy (non-hydrogen) atoms. The number of nitrogens with one attached hydrogen (secondary N) is 1. The number of carbonyl (C=O) groups excluding carboxylic acids is 1. The third-order valence-corrected chi connectivity index (χ3v) is 5.47. The molecular weight excluding hydrogens is 394 g/mol. The minimum Gasteiger partial charge on any atom is -0.453 e. The van der Waals surface area contributed by atoms with Crippen LogP contribution in [0, 0.1) is 0 Å². The number of rotatable bonds is 8. The molecule has 0 unspecified atom stereocenters. The van der Waals surface area contributed by atoms with Crippen molar-refractivity contribution in [2.75, 3.05) is 0 Å². The summed E-state index contributed by atoms with van der Waals surface area (Å²) in [7, 11) is -3.83. The molecule has 3 rings (SSSR count). The molecule has 10 heteroatoms. The summed E-state index contributed by atoms with van der Waals surface area (Å²) < 4.78 is 30.6. The number of nitrogens with two attached hydrogens (primary N) is 1. The maximum absolute atomic E-state index is 12.4. The van der Waals surface area contributed by atoms with E-state index in [9.17, 15) is 13.2 Å². The molecule has 3 aromatic rings. The molecule has 0 amide bonds. The van der Waals surface area contributed by atoms with Crippen LogP contribution >= 0.6 is 0 Å². The normalized spacial score (nSPS) is 12.0. The Morgan fingerprint density at radius 2 is 2.10 bits per heavy atom. The van der Waals surface area contributed by atoms with Crippen molar-refractivity contribution in [2.24, 2.45) is 5.14 Å². The zero-order chi connectivity index (χ0) is 21.2. The highest BCUT2D eigenvalue weighted by Crippen LogP contribution is 2.21. The number of aryl methyl sites for hydroxylation is 1. The molecule has 3 N–H and O–H groups in total. The maximum Gasteiger partial charge on any atom is 0.356 e. The van der Waals surface area contributed by atoms with Gasteiger partial charge >= 0.3 is 5.97 Å². The minimum absolute atomic E-state index is 0.00707. The highest BCUT2D eigenvalue weighted by molar-refractivity contribution is 7.89. The van der Waals surface area contributed by atoms with Crippen LogP contribution in [0.1, 0.15) is 61.7 Å². The van der Waals surface area contributed by atoms with E-state index in [0.29, 0.717) is 23.7 Å². The van der Waals surface area contributed by atoms with E-state index < -0.39 is 16.0 Å². The number of benzene rings is 1. The number of ether oxygens (including phenoxy) is 1. The number of hydrogen-bond donors (Lipinski definition) is 2. The fourth-order valence-electron chi connectivity index (χ4n) is 2.95. The van der Waals surface area contributed by atoms with Gasteiger partial charge in [-0.25, -0.2) is 28.3 Å². The molecular formula is C19H25N5O4S. The number of hydrogen-bond acceptors (Lipinski definition) is 6. The number of H-pyrrole nitrogens is 1. The van der Waals surface area contributed by atoms with Gasteiger partial charge in [0.15, 0.2) is 0 Å². The number of fused-ring (bicyclic) bond motifs is 1. The van der Waals surface area contributed by atoms with Crippen LogP contribution in [0.3, 0.4) is 0 Å². The Labute approximate surface area is 169 Å². The van der Waals surface area contributed by atoms with E-state index in [-0.39, 0.29) is 23.1 Å². The summed E-state index contributed by atoms with van der Waals surface area (Å²) in [4.78, 5) is 24.0. The second-order valence-electron chi connectivity index (χ2n) is 7.14. The van der Waals surface area contributed by atoms with Crippen molar-refractivity contribution in [3.05, 3.63) is 41.7 Å². The van der Waals surface area contributed by atoms with Gasteiger partial charge in [-0.3, -0.25) is 0 Å². The Balaban J connectivity index is 1.87. The van der Waals surface area contributed by atoms with Crippen LogP contribution in [0.25, 0.3) is 11.0 Å². The monoisotopic (exact) mass is 419 g/mol. The van der Waals surface area contributed by atoms with Gasteiger partial charge in [-0.05, 0) is 24.6 Å². The van der Waals surface area contributed by atoms with Crippen molar-refractivity contribution in [3.8, 4) is 0 Å². The third-order valence-electron chi connectivity index (χ3n) is 4.56. The summed E-state index contributed by atoms with van der Waals surface area (Å²) in [5.41, 5.74) is 1.53. The SMILES string of the molecule is CCCCn1c(COC(=O)c2cnc(C(C)C)[nH]2)nc2cc(S(N)(=O)=O)ccc21. The van der Waals surface area contributed by atoms with E-state index in [1.54, 1.807) is 6.07 Å². The Morgan fingerprint density at radius 1 is 1.34 bits per heavy atom. The third kappa shape index (κ3) is 4.65. The second-order valence-corrected chi connectivity index (χ2v) is 8.70. The Hall–Kier alpha value is -2.72. The molecule has 0 atom stereocenters. The molecule has 0 aliphatic carbocycles. The lowest BCUT2D eigenvalue weighted by Crippen LogP contribution is -2.12. The van der Waals surface area contributed by atoms with Crippen LogP contribution in [0.5, 0.6) is 0 Å². The van der Waals surface area contributed by atoms with Crippen LogP contribution in [-0.4, -0.2) is 33.9 Å². The topological polar surface area (TPSA) is 133 Å². The van der Waals surface area contributed by atoms with Crippen LogP contribution in [0.4, 0.5) is 0 Å². The number of aromatic nitrogens is 4. The maximum atomic E-state index is 12.4. The lowest BCUT2D eigenvalue weighted by molar-refractivity contribution is 0.0452. The van der Waals surface area contributed by atoms with Crippen LogP contribution in [0.2, 0.25) is 0 Å². The van der Waals surface area contributed by atoms with Gasteiger partial charge in [0, 0.05) is 12.5 Å². The lowest BCUT2D eigenvalue weighted by Gasteiger charge is -2.09. The van der Waals surface area contributed by atoms with E-state index in [0.717, 1.165) is 18.4 Å². The predicted octanol–water partition coefficient (Wildman–Crippen LogP) is 2.69. The molecule has 0 aliphatic heterocycles. The van der Waals surface area contributed by atoms with E-state index in [1.165, 1.54) is 18.3 Å². The van der Waals surface area contributed by atoms with Gasteiger partial charge < -0.3 is 14.3 Å². The summed E-state index contributed by atoms with van der Waals surface area (Å²) >= 11 is 0. The van der Waals surface area contributed by atoms with Gasteiger partial charge in [0.05, 0.1) is 22.1 Å². The fourth-order valence-corrected chi connectivity index (χ4v) is 3.49. The smallest absolute Gasteiger partial charge is 0.356 e. The first kappa shape index (κ1) is 21.0. The molecule has 0 saturated carbocycles. The summed E-state index contributed by atoms with van der Waals surface area (Å²) in [5, 5.41) is 5.22. The highest BCUT2D eigenvalue weighted by atomic mass is 32.2. The number of carbonyl (C=O) groups is 1. The number of primary sulfonamides is 1. The van der Waals surface area contributed by atoms with Gasteiger partial charge in [0.25, 0.3) is 0 Å². The molecule has 2 aromatic heterocycles. The Morgan fingerprint density at radius 3 is 2.72 bits per heavy atom. The molecule has 156 valence electrons. The number of aromatic amines is 1. The van der Waals surface area contributed by atoms with Crippen molar-refractivity contribution in [2.45, 2.75) is 57.6 Å². The molecule has 0 spiro atoms. The Bertz CT molecular complexity index is 1130. The fraction of sp³-hybridized carbons (Fsp3) is 0.421. The molecule has 2 heterocycles. The highest BCUT2D eigenvalue weighted by Gasteiger charge is 2.18. The summed E-state index contributed by atoms with van der Waals surface area (Å²) in [5.74, 6) is 0.895. The number of imidazole rings is 2. The molecule has 9 nitrogen and oxygen atoms in total. The van der Waals surface area contributed by atoms with Crippen molar-refractivity contribution in [1.29, 1.82) is 0 Å². The number of nitrogens with zero attached hydrogens (tertiary/aromatic N) is 3. The second kappa shape index (κ2) is 8.34. The first-order valence-corrected chi connectivity index (χ1v) is 11.0. The molecule has 0 fully saturated rings. The summed E-state index contributed by atoms with van der Waals surface area (Å²) in [6.45, 7) is 6.65. The molecule has 0 bridgehead atoms. The van der Waals surface area contributed by atoms with Crippen molar-refractivity contribution in [1.82, 2.24) is 19.5 Å². The number of sulfonamides is 1. The van der Waals surface area contributed by atoms with E-state index in [4.69, 9.17) is 9.88 Å². The van der Waals surface area contributed by atoms with Crippen LogP contribution < -0.4 is 5.14 Å². The van der Waals surface area contributed by atoms with E-state index in [2.05, 4.69) is 21.9 Å². The molecule has 0 radical (unpaired) electrons. The molecule has 0 aliphatic rings. The zero-order valence-corrected chi connectivity index (χ0v) is 17.5. The number of esters is 1. The zero-order valence-electron chi connectivity index (χ0n) is 16.7. The summed E-state index contributed by atoms with van der Waals surface area (Å²) in [6.07, 6.45) is 3.33. The minimum atomic E-state index is -3.83. The van der Waals surface area contributed by atoms with E-state index >= 15 is 0 Å². The summed E-state index contributed by atoms with van der Waals surface area (Å²) in [6, 6.07) is 4.56. The van der Waals surface area contributed by atoms with Crippen LogP contribution in [0.15, 0.2) is 29.3 Å². The molecule has 0 saturated heterocycles. The predicted molar refractivity (Wildman–Crippen MR) is 108 cm³/mol. The lowest BCUT2D eigenvalue weighted by atomic mass is 10.2. The largest absolute Gasteiger partial charge is 0.453 e. The standard InChI is InChI=1S/C19H25N5O4S/c1-4-5-8-24-16-7-6-13(29(20,26)27)9-14(16)22-17(24)11-28-19(25)15-10-21-18(23-15)12(2)3/h6-7,9-10,12H,4-5,8,11H2,1-3H3,(H,21,23)(H2,20,26,27). The average molecular weight is 420 g/mol. The van der Waals surface area contributed by atoms with Crippen molar-refractivity contribution in [3.63, 3.8) is 0 Å². The van der Waals surface area contributed by atoms with Crippen molar-refractivity contribution < 1.29 is 17.9 Å². The quantitative estimate of drug-likeness (QED) is 0.539. The van der Waals surface area contributed by atoms with Crippen LogP contribution in [-0.2, 0) is 27.9 Å². The first-order chi connectivity index (χ1) is 13.7. The van der Waals surface area contributed by atoms with Gasteiger partial charge in [-0.15, -0.1) is 0 Å². The van der Waals surface area contributed by atoms with Crippen molar-refractivity contribution >= 4 is 27.0 Å². The number of unbranched alkanes of at least 4 members (excludes halogenated alkanes) is 1. The Kier molecular flexibility index (Phi) is 6.04. The first-order valence-electron chi connectivity index (χ1n) is 9.44. The van der Waals surface area contributed by atoms with E-state index in [1.807, 2.05) is 18.4 Å². The van der Waals surface area contributed by atoms with Gasteiger partial charge in [0.2, 0.25) is 10.0 Å². The average Bonchev–Trinajstić information content (AvgIpc) is 3.28.